The third-order valence-corrected chi connectivity index (χ3v) is 6.45. The van der Waals surface area contributed by atoms with Crippen LogP contribution in [0.2, 0.25) is 0 Å². The second-order valence-electron chi connectivity index (χ2n) is 9.41. The monoisotopic (exact) mass is 404 g/mol. The normalized spacial score (nSPS) is 27.4. The van der Waals surface area contributed by atoms with Crippen LogP contribution in [0.3, 0.4) is 0 Å². The van der Waals surface area contributed by atoms with E-state index < -0.39 is 0 Å². The molecule has 0 spiro atoms. The summed E-state index contributed by atoms with van der Waals surface area (Å²) in [5, 5.41) is 0. The lowest BCUT2D eigenvalue weighted by Crippen LogP contribution is -2.48. The molecule has 2 N–H and O–H groups in total. The lowest BCUT2D eigenvalue weighted by atomic mass is 9.60. The van der Waals surface area contributed by atoms with Crippen LogP contribution in [0.1, 0.15) is 65.7 Å². The van der Waals surface area contributed by atoms with Crippen LogP contribution in [-0.2, 0) is 19.1 Å². The Morgan fingerprint density at radius 1 is 1.21 bits per heavy atom. The maximum absolute atomic E-state index is 13.3. The molecular weight excluding hydrogens is 368 g/mol. The van der Waals surface area contributed by atoms with Gasteiger partial charge in [-0.25, -0.2) is 4.79 Å². The van der Waals surface area contributed by atoms with Gasteiger partial charge >= 0.3 is 5.97 Å². The van der Waals surface area contributed by atoms with E-state index in [2.05, 4.69) is 13.8 Å². The molecule has 0 bridgehead atoms. The van der Waals surface area contributed by atoms with Crippen molar-refractivity contribution in [2.45, 2.75) is 65.7 Å². The highest BCUT2D eigenvalue weighted by atomic mass is 16.5. The van der Waals surface area contributed by atoms with Crippen LogP contribution < -0.4 is 5.73 Å². The van der Waals surface area contributed by atoms with Gasteiger partial charge in [0.05, 0.1) is 37.0 Å². The fourth-order valence-electron chi connectivity index (χ4n) is 5.37. The standard InChI is InChI=1S/C23H36N2O4/c1-4-29-22(27)21-17(14-28-11-10-24)25-16-12-23(2,3)13-18(26)20(16)19(21)15-8-6-5-7-9-15/h15,19-20H,4-14,24H2,1-3H3. The van der Waals surface area contributed by atoms with Crippen molar-refractivity contribution < 1.29 is 19.1 Å². The van der Waals surface area contributed by atoms with Crippen molar-refractivity contribution in [1.82, 2.24) is 0 Å². The Balaban J connectivity index is 2.07. The van der Waals surface area contributed by atoms with E-state index in [0.29, 0.717) is 43.4 Å². The van der Waals surface area contributed by atoms with Crippen molar-refractivity contribution >= 4 is 17.5 Å². The molecule has 2 aliphatic carbocycles. The second-order valence-corrected chi connectivity index (χ2v) is 9.41. The first-order valence-corrected chi connectivity index (χ1v) is 11.2. The molecule has 2 atom stereocenters. The molecule has 162 valence electrons. The Morgan fingerprint density at radius 3 is 2.59 bits per heavy atom. The van der Waals surface area contributed by atoms with Gasteiger partial charge in [0.2, 0.25) is 0 Å². The molecule has 1 aliphatic heterocycles. The number of carbonyl (C=O) groups excluding carboxylic acids is 2. The number of carbonyl (C=O) groups is 2. The predicted molar refractivity (Wildman–Crippen MR) is 113 cm³/mol. The Bertz CT molecular complexity index is 689. The van der Waals surface area contributed by atoms with Crippen LogP contribution in [0.4, 0.5) is 0 Å². The van der Waals surface area contributed by atoms with Crippen LogP contribution in [-0.4, -0.2) is 43.8 Å². The van der Waals surface area contributed by atoms with Crippen LogP contribution in [0.5, 0.6) is 0 Å². The Morgan fingerprint density at radius 2 is 1.93 bits per heavy atom. The van der Waals surface area contributed by atoms with Gasteiger partial charge in [-0.15, -0.1) is 0 Å². The maximum Gasteiger partial charge on any atom is 0.336 e. The summed E-state index contributed by atoms with van der Waals surface area (Å²) in [6, 6.07) is 0. The fourth-order valence-corrected chi connectivity index (χ4v) is 5.37. The first kappa shape index (κ1) is 22.2. The quantitative estimate of drug-likeness (QED) is 0.518. The summed E-state index contributed by atoms with van der Waals surface area (Å²) in [4.78, 5) is 31.2. The zero-order valence-corrected chi connectivity index (χ0v) is 18.2. The van der Waals surface area contributed by atoms with Gasteiger partial charge in [0.25, 0.3) is 0 Å². The Kier molecular flexibility index (Phi) is 7.28. The van der Waals surface area contributed by atoms with Gasteiger partial charge in [-0.2, -0.15) is 0 Å². The molecule has 1 heterocycles. The van der Waals surface area contributed by atoms with E-state index in [-0.39, 0.29) is 35.6 Å². The third-order valence-electron chi connectivity index (χ3n) is 6.45. The zero-order valence-electron chi connectivity index (χ0n) is 18.2. The number of ether oxygens (including phenoxy) is 2. The minimum atomic E-state index is -0.338. The molecule has 0 aromatic carbocycles. The number of Topliss-reactive ketones (excluding diaryl/α,β-unsaturated/α-hetero) is 1. The number of nitrogens with zero attached hydrogens (tertiary/aromatic N) is 1. The second kappa shape index (κ2) is 9.52. The zero-order chi connectivity index (χ0) is 21.0. The maximum atomic E-state index is 13.3. The van der Waals surface area contributed by atoms with E-state index in [1.54, 1.807) is 0 Å². The molecule has 3 rings (SSSR count). The van der Waals surface area contributed by atoms with E-state index in [9.17, 15) is 9.59 Å². The molecule has 0 aromatic heterocycles. The fraction of sp³-hybridized carbons (Fsp3) is 0.783. The van der Waals surface area contributed by atoms with Crippen molar-refractivity contribution in [2.24, 2.45) is 33.9 Å². The van der Waals surface area contributed by atoms with Crippen molar-refractivity contribution in [1.29, 1.82) is 0 Å². The lowest BCUT2D eigenvalue weighted by Gasteiger charge is -2.44. The van der Waals surface area contributed by atoms with Gasteiger partial charge in [-0.1, -0.05) is 33.1 Å². The summed E-state index contributed by atoms with van der Waals surface area (Å²) in [7, 11) is 0. The van der Waals surface area contributed by atoms with Gasteiger partial charge < -0.3 is 15.2 Å². The van der Waals surface area contributed by atoms with Gasteiger partial charge in [-0.05, 0) is 37.5 Å². The molecule has 0 radical (unpaired) electrons. The summed E-state index contributed by atoms with van der Waals surface area (Å²) in [6.45, 7) is 7.41. The van der Waals surface area contributed by atoms with E-state index in [4.69, 9.17) is 20.2 Å². The average molecular weight is 405 g/mol. The van der Waals surface area contributed by atoms with Gasteiger partial charge in [-0.3, -0.25) is 9.79 Å². The summed E-state index contributed by atoms with van der Waals surface area (Å²) in [5.41, 5.74) is 7.63. The number of esters is 1. The topological polar surface area (TPSA) is 91.0 Å². The van der Waals surface area contributed by atoms with Crippen LogP contribution >= 0.6 is 0 Å². The summed E-state index contributed by atoms with van der Waals surface area (Å²) < 4.78 is 11.1. The number of fused-ring (bicyclic) bond motifs is 1. The number of hydrogen-bond acceptors (Lipinski definition) is 6. The molecule has 2 saturated carbocycles. The summed E-state index contributed by atoms with van der Waals surface area (Å²) in [5.74, 6) is -0.229. The van der Waals surface area contributed by atoms with Gasteiger partial charge in [0, 0.05) is 24.6 Å². The summed E-state index contributed by atoms with van der Waals surface area (Å²) >= 11 is 0. The van der Waals surface area contributed by atoms with Crippen LogP contribution in [0.25, 0.3) is 0 Å². The summed E-state index contributed by atoms with van der Waals surface area (Å²) in [6.07, 6.45) is 6.93. The number of ketones is 1. The molecule has 0 amide bonds. The molecule has 0 aromatic rings. The number of aliphatic imine (C=N–C) groups is 1. The van der Waals surface area contributed by atoms with Crippen molar-refractivity contribution in [3.63, 3.8) is 0 Å². The Hall–Kier alpha value is -1.53. The Labute approximate surface area is 174 Å². The van der Waals surface area contributed by atoms with Crippen molar-refractivity contribution in [2.75, 3.05) is 26.4 Å². The van der Waals surface area contributed by atoms with Crippen LogP contribution in [0, 0.1) is 23.2 Å². The van der Waals surface area contributed by atoms with Gasteiger partial charge in [0.15, 0.2) is 0 Å². The lowest BCUT2D eigenvalue weighted by molar-refractivity contribution is -0.140. The number of rotatable bonds is 7. The molecule has 2 unspecified atom stereocenters. The highest BCUT2D eigenvalue weighted by Gasteiger charge is 2.50. The molecule has 0 saturated heterocycles. The van der Waals surface area contributed by atoms with Gasteiger partial charge in [0.1, 0.15) is 5.78 Å². The molecule has 3 aliphatic rings. The number of hydrogen-bond donors (Lipinski definition) is 1. The van der Waals surface area contributed by atoms with Crippen molar-refractivity contribution in [3.8, 4) is 0 Å². The first-order chi connectivity index (χ1) is 13.9. The molecule has 29 heavy (non-hydrogen) atoms. The SMILES string of the molecule is CCOC(=O)C1=C(COCCN)N=C2CC(C)(C)CC(=O)C2C1C1CCCCC1. The largest absolute Gasteiger partial charge is 0.463 e. The van der Waals surface area contributed by atoms with Crippen LogP contribution in [0.15, 0.2) is 16.3 Å². The molecule has 6 heteroatoms. The predicted octanol–water partition coefficient (Wildman–Crippen LogP) is 3.44. The smallest absolute Gasteiger partial charge is 0.336 e. The highest BCUT2D eigenvalue weighted by molar-refractivity contribution is 6.11. The third kappa shape index (κ3) is 4.97. The molecular formula is C23H36N2O4. The number of nitrogens with two attached hydrogens (primary N) is 1. The van der Waals surface area contributed by atoms with E-state index in [0.717, 1.165) is 37.8 Å². The molecule has 2 fully saturated rings. The minimum absolute atomic E-state index is 0.103. The first-order valence-electron chi connectivity index (χ1n) is 11.2. The molecule has 6 nitrogen and oxygen atoms in total. The van der Waals surface area contributed by atoms with E-state index >= 15 is 0 Å². The van der Waals surface area contributed by atoms with E-state index in [1.807, 2.05) is 6.92 Å². The average Bonchev–Trinajstić information content (AvgIpc) is 2.67. The van der Waals surface area contributed by atoms with Crippen molar-refractivity contribution in [3.05, 3.63) is 11.3 Å². The highest BCUT2D eigenvalue weighted by Crippen LogP contribution is 2.48. The minimum Gasteiger partial charge on any atom is -0.463 e. The van der Waals surface area contributed by atoms with E-state index in [1.165, 1.54) is 6.42 Å².